The number of ether oxygens (including phenoxy) is 1. The van der Waals surface area contributed by atoms with Gasteiger partial charge in [0.15, 0.2) is 0 Å². The van der Waals surface area contributed by atoms with Crippen molar-refractivity contribution in [1.29, 1.82) is 0 Å². The second-order valence-electron chi connectivity index (χ2n) is 6.84. The van der Waals surface area contributed by atoms with Gasteiger partial charge < -0.3 is 9.64 Å². The monoisotopic (exact) mass is 430 g/mol. The molecule has 1 aromatic heterocycles. The third kappa shape index (κ3) is 3.61. The van der Waals surface area contributed by atoms with E-state index in [-0.39, 0.29) is 21.3 Å². The Balaban J connectivity index is 2.00. The molecule has 1 amide bonds. The number of amides is 1. The SMILES string of the molecule is Cc1ccccc1S(=O)(=O)c1c(C(=O)N2CCOCC2)cnc2ccc(Cl)cc12. The van der Waals surface area contributed by atoms with Crippen LogP contribution in [0.1, 0.15) is 15.9 Å². The molecule has 1 saturated heterocycles. The van der Waals surface area contributed by atoms with E-state index in [1.54, 1.807) is 54.3 Å². The van der Waals surface area contributed by atoms with Crippen molar-refractivity contribution >= 4 is 38.2 Å². The molecule has 0 N–H and O–H groups in total. The normalized spacial score (nSPS) is 14.9. The van der Waals surface area contributed by atoms with Crippen LogP contribution in [0.25, 0.3) is 10.9 Å². The molecule has 1 aliphatic heterocycles. The van der Waals surface area contributed by atoms with Gasteiger partial charge >= 0.3 is 0 Å². The number of morpholine rings is 1. The summed E-state index contributed by atoms with van der Waals surface area (Å²) in [6.45, 7) is 3.36. The van der Waals surface area contributed by atoms with Crippen molar-refractivity contribution in [3.8, 4) is 0 Å². The second kappa shape index (κ2) is 7.74. The first-order valence-corrected chi connectivity index (χ1v) is 11.0. The van der Waals surface area contributed by atoms with Crippen LogP contribution in [0, 0.1) is 6.92 Å². The fourth-order valence-electron chi connectivity index (χ4n) is 3.49. The lowest BCUT2D eigenvalue weighted by molar-refractivity contribution is 0.0300. The zero-order valence-electron chi connectivity index (χ0n) is 15.8. The summed E-state index contributed by atoms with van der Waals surface area (Å²) < 4.78 is 32.8. The number of hydrogen-bond donors (Lipinski definition) is 0. The van der Waals surface area contributed by atoms with Crippen LogP contribution >= 0.6 is 11.6 Å². The van der Waals surface area contributed by atoms with Crippen molar-refractivity contribution in [1.82, 2.24) is 9.88 Å². The summed E-state index contributed by atoms with van der Waals surface area (Å²) in [7, 11) is -4.00. The summed E-state index contributed by atoms with van der Waals surface area (Å²) in [5.41, 5.74) is 1.11. The third-order valence-electron chi connectivity index (χ3n) is 4.96. The predicted molar refractivity (Wildman–Crippen MR) is 110 cm³/mol. The van der Waals surface area contributed by atoms with Gasteiger partial charge in [0, 0.05) is 29.7 Å². The van der Waals surface area contributed by atoms with Gasteiger partial charge in [-0.3, -0.25) is 9.78 Å². The average molecular weight is 431 g/mol. The zero-order valence-corrected chi connectivity index (χ0v) is 17.3. The van der Waals surface area contributed by atoms with Gasteiger partial charge in [-0.05, 0) is 36.8 Å². The lowest BCUT2D eigenvalue weighted by atomic mass is 10.1. The predicted octanol–water partition coefficient (Wildman–Crippen LogP) is 3.50. The number of sulfone groups is 1. The number of nitrogens with zero attached hydrogens (tertiary/aromatic N) is 2. The fraction of sp³-hybridized carbons (Fsp3) is 0.238. The molecule has 0 radical (unpaired) electrons. The molecule has 0 spiro atoms. The van der Waals surface area contributed by atoms with Gasteiger partial charge in [0.05, 0.1) is 34.1 Å². The highest BCUT2D eigenvalue weighted by Crippen LogP contribution is 2.34. The molecule has 0 atom stereocenters. The molecule has 1 fully saturated rings. The lowest BCUT2D eigenvalue weighted by Crippen LogP contribution is -2.41. The van der Waals surface area contributed by atoms with Crippen LogP contribution in [-0.2, 0) is 14.6 Å². The summed E-state index contributed by atoms with van der Waals surface area (Å²) in [5.74, 6) is -0.380. The summed E-state index contributed by atoms with van der Waals surface area (Å²) in [5, 5.41) is 0.705. The lowest BCUT2D eigenvalue weighted by Gasteiger charge is -2.27. The van der Waals surface area contributed by atoms with Gasteiger partial charge in [-0.1, -0.05) is 29.8 Å². The second-order valence-corrected chi connectivity index (χ2v) is 9.13. The molecule has 3 aromatic rings. The molecule has 2 aromatic carbocycles. The van der Waals surface area contributed by atoms with Crippen molar-refractivity contribution in [2.24, 2.45) is 0 Å². The number of benzene rings is 2. The molecule has 0 unspecified atom stereocenters. The number of carbonyl (C=O) groups is 1. The van der Waals surface area contributed by atoms with E-state index >= 15 is 0 Å². The van der Waals surface area contributed by atoms with Gasteiger partial charge in [-0.15, -0.1) is 0 Å². The molecule has 0 saturated carbocycles. The number of carbonyl (C=O) groups excluding carboxylic acids is 1. The molecule has 150 valence electrons. The minimum absolute atomic E-state index is 0.0462. The summed E-state index contributed by atoms with van der Waals surface area (Å²) >= 11 is 6.16. The average Bonchev–Trinajstić information content (AvgIpc) is 2.73. The summed E-state index contributed by atoms with van der Waals surface area (Å²) in [6.07, 6.45) is 1.35. The molecule has 2 heterocycles. The van der Waals surface area contributed by atoms with Crippen LogP contribution in [0.3, 0.4) is 0 Å². The number of rotatable bonds is 3. The number of aryl methyl sites for hydroxylation is 1. The van der Waals surface area contributed by atoms with Gasteiger partial charge in [0.1, 0.15) is 0 Å². The summed E-state index contributed by atoms with van der Waals surface area (Å²) in [4.78, 5) is 19.3. The Labute approximate surface area is 174 Å². The maximum atomic E-state index is 13.7. The maximum absolute atomic E-state index is 13.7. The number of halogens is 1. The molecule has 29 heavy (non-hydrogen) atoms. The number of hydrogen-bond acceptors (Lipinski definition) is 5. The van der Waals surface area contributed by atoms with E-state index in [0.717, 1.165) is 0 Å². The Hall–Kier alpha value is -2.48. The van der Waals surface area contributed by atoms with E-state index < -0.39 is 9.84 Å². The van der Waals surface area contributed by atoms with E-state index in [1.807, 2.05) is 0 Å². The third-order valence-corrected chi connectivity index (χ3v) is 7.21. The molecular weight excluding hydrogens is 412 g/mol. The Morgan fingerprint density at radius 2 is 1.86 bits per heavy atom. The Kier molecular flexibility index (Phi) is 5.29. The first-order valence-electron chi connectivity index (χ1n) is 9.15. The minimum atomic E-state index is -4.00. The minimum Gasteiger partial charge on any atom is -0.378 e. The van der Waals surface area contributed by atoms with E-state index in [9.17, 15) is 13.2 Å². The summed E-state index contributed by atoms with van der Waals surface area (Å²) in [6, 6.07) is 11.6. The van der Waals surface area contributed by atoms with Crippen molar-refractivity contribution in [3.63, 3.8) is 0 Å². The molecular formula is C21H19ClN2O4S. The zero-order chi connectivity index (χ0) is 20.6. The van der Waals surface area contributed by atoms with Crippen LogP contribution in [-0.4, -0.2) is 50.5 Å². The van der Waals surface area contributed by atoms with Gasteiger partial charge in [0.25, 0.3) is 5.91 Å². The van der Waals surface area contributed by atoms with Crippen LogP contribution in [0.2, 0.25) is 5.02 Å². The van der Waals surface area contributed by atoms with Crippen LogP contribution < -0.4 is 0 Å². The number of fused-ring (bicyclic) bond motifs is 1. The highest BCUT2D eigenvalue weighted by molar-refractivity contribution is 7.91. The van der Waals surface area contributed by atoms with Crippen LogP contribution in [0.5, 0.6) is 0 Å². The Morgan fingerprint density at radius 1 is 1.14 bits per heavy atom. The van der Waals surface area contributed by atoms with Crippen LogP contribution in [0.15, 0.2) is 58.5 Å². The van der Waals surface area contributed by atoms with Gasteiger partial charge in [-0.25, -0.2) is 8.42 Å². The maximum Gasteiger partial charge on any atom is 0.256 e. The molecule has 0 aliphatic carbocycles. The topological polar surface area (TPSA) is 76.6 Å². The highest BCUT2D eigenvalue weighted by Gasteiger charge is 2.31. The van der Waals surface area contributed by atoms with Crippen molar-refractivity contribution in [3.05, 3.63) is 64.8 Å². The van der Waals surface area contributed by atoms with Crippen molar-refractivity contribution < 1.29 is 17.9 Å². The first-order chi connectivity index (χ1) is 13.9. The number of pyridine rings is 1. The molecule has 6 nitrogen and oxygen atoms in total. The van der Waals surface area contributed by atoms with Crippen LogP contribution in [0.4, 0.5) is 0 Å². The standard InChI is InChI=1S/C21H19ClN2O4S/c1-14-4-2-3-5-19(14)29(26,27)20-16-12-15(22)6-7-18(16)23-13-17(20)21(25)24-8-10-28-11-9-24/h2-7,12-13H,8-11H2,1H3. The smallest absolute Gasteiger partial charge is 0.256 e. The first kappa shape index (κ1) is 19.8. The van der Waals surface area contributed by atoms with Gasteiger partial charge in [-0.2, -0.15) is 0 Å². The molecule has 0 bridgehead atoms. The van der Waals surface area contributed by atoms with Gasteiger partial charge in [0.2, 0.25) is 9.84 Å². The van der Waals surface area contributed by atoms with E-state index in [0.29, 0.717) is 47.8 Å². The highest BCUT2D eigenvalue weighted by atomic mass is 35.5. The fourth-order valence-corrected chi connectivity index (χ4v) is 5.51. The van der Waals surface area contributed by atoms with E-state index in [4.69, 9.17) is 16.3 Å². The van der Waals surface area contributed by atoms with E-state index in [2.05, 4.69) is 4.98 Å². The van der Waals surface area contributed by atoms with Crippen molar-refractivity contribution in [2.45, 2.75) is 16.7 Å². The largest absolute Gasteiger partial charge is 0.378 e. The molecule has 8 heteroatoms. The number of aromatic nitrogens is 1. The Morgan fingerprint density at radius 3 is 2.59 bits per heavy atom. The quantitative estimate of drug-likeness (QED) is 0.635. The van der Waals surface area contributed by atoms with Crippen molar-refractivity contribution in [2.75, 3.05) is 26.3 Å². The molecule has 4 rings (SSSR count). The molecule has 1 aliphatic rings. The Bertz CT molecular complexity index is 1200. The van der Waals surface area contributed by atoms with E-state index in [1.165, 1.54) is 6.20 Å².